The Hall–Kier alpha value is -5.58. The third-order valence-corrected chi connectivity index (χ3v) is 14.0. The van der Waals surface area contributed by atoms with E-state index in [0.717, 1.165) is 151 Å². The number of carbonyl (C=O) groups excluding carboxylic acids is 4. The summed E-state index contributed by atoms with van der Waals surface area (Å²) in [5.74, 6) is -3.05. The molecule has 0 aromatic heterocycles. The fourth-order valence-electron chi connectivity index (χ4n) is 10.4. The number of likely N-dealkylation sites (tertiary alicyclic amines) is 2. The van der Waals surface area contributed by atoms with E-state index in [-0.39, 0.29) is 36.5 Å². The largest absolute Gasteiger partial charge is 0.390 e. The Kier molecular flexibility index (Phi) is 15.7. The molecule has 0 saturated carbocycles. The van der Waals surface area contributed by atoms with Crippen LogP contribution in [0.1, 0.15) is 109 Å². The molecule has 336 valence electrons. The van der Waals surface area contributed by atoms with E-state index < -0.39 is 23.9 Å². The van der Waals surface area contributed by atoms with E-state index >= 15 is 0 Å². The van der Waals surface area contributed by atoms with Gasteiger partial charge in [-0.1, -0.05) is 84.9 Å². The Morgan fingerprint density at radius 3 is 1.36 bits per heavy atom. The normalized spacial score (nSPS) is 18.6. The lowest BCUT2D eigenvalue weighted by atomic mass is 9.77. The number of hydrogen-bond donors (Lipinski definition) is 2. The van der Waals surface area contributed by atoms with Crippen LogP contribution in [0.5, 0.6) is 0 Å². The number of fused-ring (bicyclic) bond motifs is 2. The summed E-state index contributed by atoms with van der Waals surface area (Å²) in [6.07, 6.45) is 12.0. The first-order chi connectivity index (χ1) is 31.3. The number of nitrogens with zero attached hydrogens (tertiary/aromatic N) is 2. The van der Waals surface area contributed by atoms with Crippen LogP contribution in [-0.4, -0.2) is 72.9 Å². The van der Waals surface area contributed by atoms with Crippen LogP contribution in [0.15, 0.2) is 109 Å². The van der Waals surface area contributed by atoms with Crippen molar-refractivity contribution in [1.29, 1.82) is 0 Å². The second-order valence-electron chi connectivity index (χ2n) is 18.3. The predicted octanol–water partition coefficient (Wildman–Crippen LogP) is 9.35. The number of ether oxygens (including phenoxy) is 2. The standard InChI is InChI=1S/C54H64N4O6/c59-51(63-53(61)35-47(45-19-17-43-15-7-9-27-55-49(43)33-45)41-23-29-57(30-24-41)37-39-11-3-1-4-12-39)21-22-52(60)64-54(62)36-48(46-20-18-44-16-8-10-28-56-50(44)34-46)42-25-31-58(32-26-42)38-40-13-5-2-6-14-40/h1-6,11-14,17-22,33-34,41-42,47-48,55-56H,7-10,15-16,23-32,35-38H2/b22-21+. The van der Waals surface area contributed by atoms with E-state index in [1.54, 1.807) is 0 Å². The molecule has 0 amide bonds. The van der Waals surface area contributed by atoms with E-state index in [4.69, 9.17) is 9.47 Å². The first-order valence-corrected chi connectivity index (χ1v) is 23.8. The van der Waals surface area contributed by atoms with Crippen molar-refractivity contribution in [2.45, 2.75) is 102 Å². The van der Waals surface area contributed by atoms with Crippen LogP contribution >= 0.6 is 0 Å². The van der Waals surface area contributed by atoms with Gasteiger partial charge in [0.05, 0.1) is 12.8 Å². The summed E-state index contributed by atoms with van der Waals surface area (Å²) >= 11 is 0. The van der Waals surface area contributed by atoms with Crippen molar-refractivity contribution in [1.82, 2.24) is 9.80 Å². The van der Waals surface area contributed by atoms with Crippen LogP contribution < -0.4 is 10.6 Å². The van der Waals surface area contributed by atoms with Gasteiger partial charge in [-0.3, -0.25) is 19.4 Å². The van der Waals surface area contributed by atoms with Crippen molar-refractivity contribution >= 4 is 35.3 Å². The summed E-state index contributed by atoms with van der Waals surface area (Å²) in [6, 6.07) is 34.0. The fourth-order valence-corrected chi connectivity index (χ4v) is 10.4. The number of benzene rings is 4. The number of nitrogens with one attached hydrogen (secondary N) is 2. The smallest absolute Gasteiger partial charge is 0.338 e. The SMILES string of the molecule is O=C(/C=C/C(=O)OC(=O)CC(c1ccc2c(c1)NCCCC2)C1CCN(Cc2ccccc2)CC1)OC(=O)CC(c1ccc2c(c1)NCCCC2)C1CCN(Cc2ccccc2)CC1. The number of aryl methyl sites for hydroxylation is 2. The number of carbonyl (C=O) groups is 4. The Morgan fingerprint density at radius 2 is 0.953 bits per heavy atom. The molecular weight excluding hydrogens is 801 g/mol. The minimum Gasteiger partial charge on any atom is -0.390 e. The van der Waals surface area contributed by atoms with Crippen LogP contribution in [0, 0.1) is 11.8 Å². The lowest BCUT2D eigenvalue weighted by Crippen LogP contribution is -2.36. The average molecular weight is 865 g/mol. The van der Waals surface area contributed by atoms with Gasteiger partial charge in [0, 0.05) is 49.7 Å². The number of esters is 4. The summed E-state index contributed by atoms with van der Waals surface area (Å²) in [7, 11) is 0. The van der Waals surface area contributed by atoms with Crippen LogP contribution in [0.2, 0.25) is 0 Å². The van der Waals surface area contributed by atoms with Gasteiger partial charge in [-0.2, -0.15) is 0 Å². The highest BCUT2D eigenvalue weighted by Gasteiger charge is 2.33. The van der Waals surface area contributed by atoms with Crippen LogP contribution in [0.3, 0.4) is 0 Å². The van der Waals surface area contributed by atoms with Crippen LogP contribution in [0.4, 0.5) is 11.4 Å². The molecule has 8 rings (SSSR count). The molecule has 4 aromatic carbocycles. The minimum absolute atomic E-state index is 0.0371. The van der Waals surface area contributed by atoms with Crippen LogP contribution in [-0.2, 0) is 54.6 Å². The maximum atomic E-state index is 13.5. The molecule has 0 aliphatic carbocycles. The first-order valence-electron chi connectivity index (χ1n) is 23.8. The molecule has 2 N–H and O–H groups in total. The van der Waals surface area contributed by atoms with Gasteiger partial charge >= 0.3 is 23.9 Å². The second kappa shape index (κ2) is 22.4. The number of piperidine rings is 2. The number of hydrogen-bond acceptors (Lipinski definition) is 10. The van der Waals surface area contributed by atoms with Gasteiger partial charge in [0.25, 0.3) is 0 Å². The van der Waals surface area contributed by atoms with Crippen molar-refractivity contribution in [3.8, 4) is 0 Å². The summed E-state index contributed by atoms with van der Waals surface area (Å²) in [5.41, 5.74) is 9.50. The van der Waals surface area contributed by atoms with E-state index in [1.165, 1.54) is 22.3 Å². The van der Waals surface area contributed by atoms with E-state index in [2.05, 4.69) is 105 Å². The van der Waals surface area contributed by atoms with Gasteiger partial charge in [-0.15, -0.1) is 0 Å². The molecule has 2 unspecified atom stereocenters. The number of anilines is 2. The lowest BCUT2D eigenvalue weighted by Gasteiger charge is -2.36. The molecule has 0 bridgehead atoms. The summed E-state index contributed by atoms with van der Waals surface area (Å²) in [6.45, 7) is 7.26. The molecule has 2 saturated heterocycles. The molecule has 0 spiro atoms. The summed E-state index contributed by atoms with van der Waals surface area (Å²) in [4.78, 5) is 57.9. The van der Waals surface area contributed by atoms with Crippen molar-refractivity contribution in [3.05, 3.63) is 143 Å². The Labute approximate surface area is 378 Å². The molecule has 0 radical (unpaired) electrons. The predicted molar refractivity (Wildman–Crippen MR) is 251 cm³/mol. The van der Waals surface area contributed by atoms with Crippen molar-refractivity contribution in [3.63, 3.8) is 0 Å². The van der Waals surface area contributed by atoms with Gasteiger partial charge in [-0.25, -0.2) is 9.59 Å². The van der Waals surface area contributed by atoms with Gasteiger partial charge in [-0.05, 0) is 160 Å². The Morgan fingerprint density at radius 1 is 0.547 bits per heavy atom. The highest BCUT2D eigenvalue weighted by molar-refractivity contribution is 5.99. The maximum absolute atomic E-state index is 13.5. The van der Waals surface area contributed by atoms with Crippen molar-refractivity contribution < 1.29 is 28.7 Å². The summed E-state index contributed by atoms with van der Waals surface area (Å²) in [5, 5.41) is 7.16. The van der Waals surface area contributed by atoms with E-state index in [0.29, 0.717) is 0 Å². The Balaban J connectivity index is 0.876. The van der Waals surface area contributed by atoms with Gasteiger partial charge in [0.2, 0.25) is 0 Å². The monoisotopic (exact) mass is 864 g/mol. The molecule has 4 aliphatic heterocycles. The molecule has 64 heavy (non-hydrogen) atoms. The Bertz CT molecular complexity index is 2070. The van der Waals surface area contributed by atoms with Crippen molar-refractivity contribution in [2.24, 2.45) is 11.8 Å². The third kappa shape index (κ3) is 12.6. The highest BCUT2D eigenvalue weighted by Crippen LogP contribution is 2.40. The molecule has 4 aliphatic rings. The molecule has 2 atom stereocenters. The lowest BCUT2D eigenvalue weighted by molar-refractivity contribution is -0.159. The topological polar surface area (TPSA) is 117 Å². The molecule has 4 heterocycles. The van der Waals surface area contributed by atoms with Gasteiger partial charge < -0.3 is 20.1 Å². The van der Waals surface area contributed by atoms with E-state index in [1.807, 2.05) is 12.1 Å². The number of rotatable bonds is 14. The zero-order valence-corrected chi connectivity index (χ0v) is 37.2. The second-order valence-corrected chi connectivity index (χ2v) is 18.3. The quantitative estimate of drug-likeness (QED) is 0.0722. The fraction of sp³-hybridized carbons (Fsp3) is 0.444. The maximum Gasteiger partial charge on any atom is 0.338 e. The van der Waals surface area contributed by atoms with E-state index in [9.17, 15) is 19.2 Å². The highest BCUT2D eigenvalue weighted by atomic mass is 16.6. The zero-order chi connectivity index (χ0) is 44.1. The zero-order valence-electron chi connectivity index (χ0n) is 37.2. The first kappa shape index (κ1) is 45.0. The minimum atomic E-state index is -0.966. The van der Waals surface area contributed by atoms with Gasteiger partial charge in [0.15, 0.2) is 0 Å². The average Bonchev–Trinajstić information content (AvgIpc) is 3.71. The molecule has 10 heteroatoms. The molecular formula is C54H64N4O6. The molecule has 10 nitrogen and oxygen atoms in total. The van der Waals surface area contributed by atoms with Gasteiger partial charge in [0.1, 0.15) is 0 Å². The molecule has 4 aromatic rings. The van der Waals surface area contributed by atoms with Crippen LogP contribution in [0.25, 0.3) is 0 Å². The summed E-state index contributed by atoms with van der Waals surface area (Å²) < 4.78 is 10.6. The molecule has 2 fully saturated rings. The van der Waals surface area contributed by atoms with Crippen molar-refractivity contribution in [2.75, 3.05) is 49.9 Å². The third-order valence-electron chi connectivity index (χ3n) is 14.0.